The van der Waals surface area contributed by atoms with Crippen LogP contribution in [0.4, 0.5) is 5.69 Å². The standard InChI is InChI=1S/C8H5N7O2/c9-12-11-5-1-7-8(17-4-16-7)2-6(5)15-3-10-13-14-15/h1-3H,4H2. The first-order valence-corrected chi connectivity index (χ1v) is 4.60. The topological polar surface area (TPSA) is 111 Å². The van der Waals surface area contributed by atoms with E-state index in [1.54, 1.807) is 12.1 Å². The Morgan fingerprint density at radius 3 is 2.88 bits per heavy atom. The maximum atomic E-state index is 8.52. The molecule has 9 nitrogen and oxygen atoms in total. The van der Waals surface area contributed by atoms with Gasteiger partial charge in [0, 0.05) is 11.0 Å². The van der Waals surface area contributed by atoms with Crippen molar-refractivity contribution in [3.05, 3.63) is 28.9 Å². The lowest BCUT2D eigenvalue weighted by atomic mass is 10.2. The van der Waals surface area contributed by atoms with E-state index in [1.807, 2.05) is 0 Å². The van der Waals surface area contributed by atoms with Crippen LogP contribution in [0.3, 0.4) is 0 Å². The van der Waals surface area contributed by atoms with Crippen LogP contribution >= 0.6 is 0 Å². The van der Waals surface area contributed by atoms with Crippen LogP contribution in [0.5, 0.6) is 11.5 Å². The minimum absolute atomic E-state index is 0.143. The quantitative estimate of drug-likeness (QED) is 0.439. The van der Waals surface area contributed by atoms with Crippen molar-refractivity contribution >= 4 is 5.69 Å². The van der Waals surface area contributed by atoms with Gasteiger partial charge >= 0.3 is 0 Å². The highest BCUT2D eigenvalue weighted by atomic mass is 16.7. The maximum Gasteiger partial charge on any atom is 0.231 e. The lowest BCUT2D eigenvalue weighted by Gasteiger charge is -2.05. The molecule has 0 atom stereocenters. The summed E-state index contributed by atoms with van der Waals surface area (Å²) in [5.74, 6) is 1.09. The van der Waals surface area contributed by atoms with Gasteiger partial charge in [-0.3, -0.25) is 0 Å². The minimum Gasteiger partial charge on any atom is -0.454 e. The molecule has 0 amide bonds. The second-order valence-electron chi connectivity index (χ2n) is 3.14. The van der Waals surface area contributed by atoms with Gasteiger partial charge in [0.15, 0.2) is 11.5 Å². The summed E-state index contributed by atoms with van der Waals surface area (Å²) in [6.07, 6.45) is 1.40. The number of fused-ring (bicyclic) bond motifs is 1. The van der Waals surface area contributed by atoms with Crippen molar-refractivity contribution in [1.82, 2.24) is 20.2 Å². The molecule has 0 unspecified atom stereocenters. The van der Waals surface area contributed by atoms with Crippen molar-refractivity contribution in [2.75, 3.05) is 6.79 Å². The first-order chi connectivity index (χ1) is 8.38. The maximum absolute atomic E-state index is 8.52. The highest BCUT2D eigenvalue weighted by Gasteiger charge is 2.18. The summed E-state index contributed by atoms with van der Waals surface area (Å²) in [5, 5.41) is 14.3. The molecular weight excluding hydrogens is 226 g/mol. The number of hydrogen-bond donors (Lipinski definition) is 0. The van der Waals surface area contributed by atoms with Gasteiger partial charge in [0.25, 0.3) is 0 Å². The second kappa shape index (κ2) is 3.65. The average molecular weight is 231 g/mol. The molecule has 3 rings (SSSR count). The zero-order valence-electron chi connectivity index (χ0n) is 8.39. The summed E-state index contributed by atoms with van der Waals surface area (Å²) in [6.45, 7) is 0.143. The van der Waals surface area contributed by atoms with E-state index in [4.69, 9.17) is 15.0 Å². The van der Waals surface area contributed by atoms with Crippen LogP contribution in [0.25, 0.3) is 16.1 Å². The normalized spacial score (nSPS) is 12.2. The molecule has 1 aliphatic heterocycles. The molecule has 0 saturated heterocycles. The monoisotopic (exact) mass is 231 g/mol. The van der Waals surface area contributed by atoms with Crippen molar-refractivity contribution in [3.63, 3.8) is 0 Å². The summed E-state index contributed by atoms with van der Waals surface area (Å²) in [4.78, 5) is 2.75. The third-order valence-corrected chi connectivity index (χ3v) is 2.22. The van der Waals surface area contributed by atoms with E-state index >= 15 is 0 Å². The van der Waals surface area contributed by atoms with Gasteiger partial charge in [0.05, 0.1) is 11.4 Å². The van der Waals surface area contributed by atoms with Crippen LogP contribution in [0.1, 0.15) is 0 Å². The zero-order chi connectivity index (χ0) is 11.7. The summed E-state index contributed by atoms with van der Waals surface area (Å²) in [6, 6.07) is 3.24. The van der Waals surface area contributed by atoms with Crippen LogP contribution in [0.2, 0.25) is 0 Å². The number of tetrazole rings is 1. The molecule has 0 aliphatic carbocycles. The fourth-order valence-corrected chi connectivity index (χ4v) is 1.50. The van der Waals surface area contributed by atoms with Gasteiger partial charge in [-0.15, -0.1) is 5.10 Å². The lowest BCUT2D eigenvalue weighted by molar-refractivity contribution is 0.174. The Labute approximate surface area is 94.2 Å². The Kier molecular flexibility index (Phi) is 2.02. The Balaban J connectivity index is 2.22. The Bertz CT molecular complexity index is 603. The largest absolute Gasteiger partial charge is 0.454 e. The second-order valence-corrected chi connectivity index (χ2v) is 3.14. The molecule has 0 fully saturated rings. The van der Waals surface area contributed by atoms with Crippen LogP contribution < -0.4 is 9.47 Å². The molecule has 9 heteroatoms. The number of aromatic nitrogens is 4. The molecular formula is C8H5N7O2. The molecule has 1 aromatic heterocycles. The lowest BCUT2D eigenvalue weighted by Crippen LogP contribution is -1.95. The first kappa shape index (κ1) is 9.43. The fourth-order valence-electron chi connectivity index (χ4n) is 1.50. The van der Waals surface area contributed by atoms with Crippen LogP contribution in [0.15, 0.2) is 23.6 Å². The van der Waals surface area contributed by atoms with E-state index in [1.165, 1.54) is 11.0 Å². The minimum atomic E-state index is 0.143. The van der Waals surface area contributed by atoms with Gasteiger partial charge < -0.3 is 9.47 Å². The van der Waals surface area contributed by atoms with Crippen molar-refractivity contribution in [1.29, 1.82) is 0 Å². The molecule has 2 heterocycles. The molecule has 0 spiro atoms. The molecule has 1 aromatic carbocycles. The summed E-state index contributed by atoms with van der Waals surface area (Å²) in [5.41, 5.74) is 9.41. The molecule has 0 radical (unpaired) electrons. The predicted octanol–water partition coefficient (Wildman–Crippen LogP) is 1.33. The molecule has 1 aliphatic rings. The van der Waals surface area contributed by atoms with Gasteiger partial charge in [0.1, 0.15) is 6.33 Å². The van der Waals surface area contributed by atoms with E-state index in [0.717, 1.165) is 0 Å². The van der Waals surface area contributed by atoms with Crippen molar-refractivity contribution in [2.24, 2.45) is 5.11 Å². The van der Waals surface area contributed by atoms with Crippen LogP contribution in [-0.2, 0) is 0 Å². The zero-order valence-corrected chi connectivity index (χ0v) is 8.39. The van der Waals surface area contributed by atoms with E-state index < -0.39 is 0 Å². The third kappa shape index (κ3) is 1.50. The highest BCUT2D eigenvalue weighted by Crippen LogP contribution is 2.39. The Morgan fingerprint density at radius 2 is 2.18 bits per heavy atom. The van der Waals surface area contributed by atoms with Gasteiger partial charge in [0.2, 0.25) is 6.79 Å². The smallest absolute Gasteiger partial charge is 0.231 e. The SMILES string of the molecule is [N-]=[N+]=Nc1cc2c(cc1-n1cnnn1)OCO2. The van der Waals surface area contributed by atoms with Crippen LogP contribution in [0, 0.1) is 0 Å². The highest BCUT2D eigenvalue weighted by molar-refractivity contribution is 5.65. The number of azide groups is 1. The van der Waals surface area contributed by atoms with Gasteiger partial charge in [-0.05, 0) is 22.0 Å². The molecule has 0 N–H and O–H groups in total. The predicted molar refractivity (Wildman–Crippen MR) is 54.1 cm³/mol. The van der Waals surface area contributed by atoms with Crippen molar-refractivity contribution in [3.8, 4) is 17.2 Å². The number of benzene rings is 1. The Hall–Kier alpha value is -2.80. The van der Waals surface area contributed by atoms with Gasteiger partial charge in [-0.1, -0.05) is 5.11 Å². The Morgan fingerprint density at radius 1 is 1.35 bits per heavy atom. The number of rotatable bonds is 2. The molecule has 17 heavy (non-hydrogen) atoms. The first-order valence-electron chi connectivity index (χ1n) is 4.60. The molecule has 0 bridgehead atoms. The molecule has 84 valence electrons. The summed E-state index contributed by atoms with van der Waals surface area (Å²) >= 11 is 0. The third-order valence-electron chi connectivity index (χ3n) is 2.22. The average Bonchev–Trinajstić information content (AvgIpc) is 2.98. The number of nitrogens with zero attached hydrogens (tertiary/aromatic N) is 7. The van der Waals surface area contributed by atoms with Gasteiger partial charge in [-0.25, -0.2) is 0 Å². The summed E-state index contributed by atoms with van der Waals surface area (Å²) < 4.78 is 11.8. The van der Waals surface area contributed by atoms with E-state index in [9.17, 15) is 0 Å². The van der Waals surface area contributed by atoms with E-state index in [0.29, 0.717) is 22.9 Å². The summed E-state index contributed by atoms with van der Waals surface area (Å²) in [7, 11) is 0. The van der Waals surface area contributed by atoms with E-state index in [2.05, 4.69) is 25.6 Å². The van der Waals surface area contributed by atoms with Crippen molar-refractivity contribution in [2.45, 2.75) is 0 Å². The number of ether oxygens (including phenoxy) is 2. The fraction of sp³-hybridized carbons (Fsp3) is 0.125. The molecule has 0 saturated carbocycles. The van der Waals surface area contributed by atoms with Crippen molar-refractivity contribution < 1.29 is 9.47 Å². The van der Waals surface area contributed by atoms with Crippen LogP contribution in [-0.4, -0.2) is 27.0 Å². The van der Waals surface area contributed by atoms with Gasteiger partial charge in [-0.2, -0.15) is 4.68 Å². The van der Waals surface area contributed by atoms with E-state index in [-0.39, 0.29) is 6.79 Å². The molecule has 2 aromatic rings. The number of hydrogen-bond acceptors (Lipinski definition) is 6.